The monoisotopic (exact) mass is 295 g/mol. The third kappa shape index (κ3) is 3.21. The molecule has 7 nitrogen and oxygen atoms in total. The molecule has 2 N–H and O–H groups in total. The van der Waals surface area contributed by atoms with Crippen molar-refractivity contribution in [1.82, 2.24) is 14.5 Å². The molecule has 102 valence electrons. The van der Waals surface area contributed by atoms with Gasteiger partial charge in [-0.2, -0.15) is 9.82 Å². The summed E-state index contributed by atoms with van der Waals surface area (Å²) >= 11 is 5.72. The first kappa shape index (κ1) is 14.9. The summed E-state index contributed by atoms with van der Waals surface area (Å²) in [5.74, 6) is -1.22. The van der Waals surface area contributed by atoms with Crippen LogP contribution in [0.25, 0.3) is 0 Å². The van der Waals surface area contributed by atoms with Crippen molar-refractivity contribution in [2.24, 2.45) is 7.05 Å². The quantitative estimate of drug-likeness (QED) is 0.800. The van der Waals surface area contributed by atoms with Gasteiger partial charge in [-0.05, 0) is 6.42 Å². The van der Waals surface area contributed by atoms with Gasteiger partial charge in [-0.1, -0.05) is 24.9 Å². The standard InChI is InChI=1S/C9H14ClN3O4S/c1-3-4-7(9(14)15)12-18(16,17)8-6(10)5-11-13(8)2/h5,7,12H,3-4H2,1-2H3,(H,14,15). The zero-order chi connectivity index (χ0) is 13.9. The first-order chi connectivity index (χ1) is 8.29. The Labute approximate surface area is 110 Å². The van der Waals surface area contributed by atoms with Crippen LogP contribution in [0.15, 0.2) is 11.2 Å². The van der Waals surface area contributed by atoms with Crippen molar-refractivity contribution in [2.45, 2.75) is 30.8 Å². The van der Waals surface area contributed by atoms with E-state index in [2.05, 4.69) is 9.82 Å². The number of nitrogens with zero attached hydrogens (tertiary/aromatic N) is 2. The molecule has 1 atom stereocenters. The highest BCUT2D eigenvalue weighted by atomic mass is 35.5. The largest absolute Gasteiger partial charge is 0.480 e. The second kappa shape index (κ2) is 5.68. The molecule has 9 heteroatoms. The molecule has 0 spiro atoms. The summed E-state index contributed by atoms with van der Waals surface area (Å²) in [5.41, 5.74) is 0. The maximum Gasteiger partial charge on any atom is 0.321 e. The van der Waals surface area contributed by atoms with E-state index in [0.717, 1.165) is 4.68 Å². The number of carbonyl (C=O) groups is 1. The van der Waals surface area contributed by atoms with Crippen molar-refractivity contribution < 1.29 is 18.3 Å². The Morgan fingerprint density at radius 3 is 2.67 bits per heavy atom. The van der Waals surface area contributed by atoms with Crippen LogP contribution in [-0.4, -0.2) is 35.3 Å². The summed E-state index contributed by atoms with van der Waals surface area (Å²) in [6.07, 6.45) is 1.92. The minimum Gasteiger partial charge on any atom is -0.480 e. The molecular weight excluding hydrogens is 282 g/mol. The van der Waals surface area contributed by atoms with E-state index < -0.39 is 22.0 Å². The van der Waals surface area contributed by atoms with E-state index in [4.69, 9.17) is 16.7 Å². The molecule has 1 aromatic heterocycles. The lowest BCUT2D eigenvalue weighted by molar-refractivity contribution is -0.139. The van der Waals surface area contributed by atoms with E-state index in [1.807, 2.05) is 0 Å². The second-order valence-electron chi connectivity index (χ2n) is 3.72. The zero-order valence-corrected chi connectivity index (χ0v) is 11.5. The van der Waals surface area contributed by atoms with E-state index in [-0.39, 0.29) is 16.5 Å². The van der Waals surface area contributed by atoms with Crippen molar-refractivity contribution in [2.75, 3.05) is 0 Å². The molecule has 0 saturated carbocycles. The number of hydrogen-bond acceptors (Lipinski definition) is 4. The Bertz CT molecular complexity index is 521. The number of hydrogen-bond donors (Lipinski definition) is 2. The van der Waals surface area contributed by atoms with Crippen molar-refractivity contribution >= 4 is 27.6 Å². The lowest BCUT2D eigenvalue weighted by Gasteiger charge is -2.14. The Kier molecular flexibility index (Phi) is 4.71. The predicted molar refractivity (Wildman–Crippen MR) is 64.9 cm³/mol. The van der Waals surface area contributed by atoms with E-state index in [1.54, 1.807) is 6.92 Å². The van der Waals surface area contributed by atoms with E-state index in [9.17, 15) is 13.2 Å². The van der Waals surface area contributed by atoms with Crippen molar-refractivity contribution in [3.63, 3.8) is 0 Å². The molecule has 0 aliphatic heterocycles. The Hall–Kier alpha value is -1.12. The van der Waals surface area contributed by atoms with Crippen LogP contribution in [0.4, 0.5) is 0 Å². The Morgan fingerprint density at radius 1 is 1.67 bits per heavy atom. The average Bonchev–Trinajstić information content (AvgIpc) is 2.58. The van der Waals surface area contributed by atoms with Gasteiger partial charge in [0.05, 0.1) is 11.2 Å². The van der Waals surface area contributed by atoms with Gasteiger partial charge >= 0.3 is 5.97 Å². The van der Waals surface area contributed by atoms with Crippen LogP contribution < -0.4 is 4.72 Å². The highest BCUT2D eigenvalue weighted by Gasteiger charge is 2.28. The fourth-order valence-electron chi connectivity index (χ4n) is 1.47. The van der Waals surface area contributed by atoms with Crippen molar-refractivity contribution in [3.05, 3.63) is 11.2 Å². The van der Waals surface area contributed by atoms with Crippen LogP contribution in [0.2, 0.25) is 5.02 Å². The predicted octanol–water partition coefficient (Wildman–Crippen LogP) is 0.605. The lowest BCUT2D eigenvalue weighted by Crippen LogP contribution is -2.41. The van der Waals surface area contributed by atoms with Gasteiger partial charge in [-0.25, -0.2) is 8.42 Å². The van der Waals surface area contributed by atoms with Gasteiger partial charge in [0.1, 0.15) is 6.04 Å². The molecular formula is C9H14ClN3O4S. The zero-order valence-electron chi connectivity index (χ0n) is 9.92. The van der Waals surface area contributed by atoms with Crippen LogP contribution in [0.1, 0.15) is 19.8 Å². The summed E-state index contributed by atoms with van der Waals surface area (Å²) < 4.78 is 27.2. The number of aliphatic carboxylic acids is 1. The highest BCUT2D eigenvalue weighted by Crippen LogP contribution is 2.20. The number of rotatable bonds is 6. The summed E-state index contributed by atoms with van der Waals surface area (Å²) in [5, 5.41) is 12.3. The van der Waals surface area contributed by atoms with Gasteiger partial charge in [-0.15, -0.1) is 0 Å². The normalized spacial score (nSPS) is 13.5. The number of halogens is 1. The Morgan fingerprint density at radius 2 is 2.28 bits per heavy atom. The van der Waals surface area contributed by atoms with Gasteiger partial charge < -0.3 is 5.11 Å². The van der Waals surface area contributed by atoms with E-state index >= 15 is 0 Å². The van der Waals surface area contributed by atoms with Crippen molar-refractivity contribution in [1.29, 1.82) is 0 Å². The van der Waals surface area contributed by atoms with E-state index in [1.165, 1.54) is 13.2 Å². The summed E-state index contributed by atoms with van der Waals surface area (Å²) in [6, 6.07) is -1.18. The maximum atomic E-state index is 12.0. The topological polar surface area (TPSA) is 101 Å². The average molecular weight is 296 g/mol. The number of sulfonamides is 1. The molecule has 1 heterocycles. The SMILES string of the molecule is CCCC(NS(=O)(=O)c1c(Cl)cnn1C)C(=O)O. The van der Waals surface area contributed by atoms with Gasteiger partial charge in [0, 0.05) is 7.05 Å². The molecule has 18 heavy (non-hydrogen) atoms. The number of carboxylic acids is 1. The second-order valence-corrected chi connectivity index (χ2v) is 5.76. The van der Waals surface area contributed by atoms with Crippen LogP contribution in [0, 0.1) is 0 Å². The third-order valence-corrected chi connectivity index (χ3v) is 4.25. The van der Waals surface area contributed by atoms with Crippen LogP contribution in [0.5, 0.6) is 0 Å². The minimum atomic E-state index is -4.01. The molecule has 0 saturated heterocycles. The van der Waals surface area contributed by atoms with Crippen LogP contribution in [0.3, 0.4) is 0 Å². The fourth-order valence-corrected chi connectivity index (χ4v) is 3.35. The Balaban J connectivity index is 3.05. The van der Waals surface area contributed by atoms with Crippen molar-refractivity contribution in [3.8, 4) is 0 Å². The highest BCUT2D eigenvalue weighted by molar-refractivity contribution is 7.89. The molecule has 1 unspecified atom stereocenters. The number of nitrogens with one attached hydrogen (secondary N) is 1. The number of carboxylic acid groups (broad SMARTS) is 1. The number of aromatic nitrogens is 2. The maximum absolute atomic E-state index is 12.0. The molecule has 0 amide bonds. The van der Waals surface area contributed by atoms with E-state index in [0.29, 0.717) is 6.42 Å². The van der Waals surface area contributed by atoms with Gasteiger partial charge in [-0.3, -0.25) is 9.48 Å². The fraction of sp³-hybridized carbons (Fsp3) is 0.556. The summed E-state index contributed by atoms with van der Waals surface area (Å²) in [7, 11) is -2.59. The van der Waals surface area contributed by atoms with Crippen LogP contribution >= 0.6 is 11.6 Å². The molecule has 0 aliphatic carbocycles. The molecule has 1 aromatic rings. The smallest absolute Gasteiger partial charge is 0.321 e. The third-order valence-electron chi connectivity index (χ3n) is 2.27. The summed E-state index contributed by atoms with van der Waals surface area (Å²) in [4.78, 5) is 10.9. The number of aryl methyl sites for hydroxylation is 1. The molecule has 0 aliphatic rings. The molecule has 1 rings (SSSR count). The molecule has 0 radical (unpaired) electrons. The summed E-state index contributed by atoms with van der Waals surface area (Å²) in [6.45, 7) is 1.77. The lowest BCUT2D eigenvalue weighted by atomic mass is 10.2. The first-order valence-corrected chi connectivity index (χ1v) is 7.08. The van der Waals surface area contributed by atoms with Gasteiger partial charge in [0.2, 0.25) is 0 Å². The van der Waals surface area contributed by atoms with Crippen LogP contribution in [-0.2, 0) is 21.9 Å². The van der Waals surface area contributed by atoms with Gasteiger partial charge in [0.15, 0.2) is 5.03 Å². The first-order valence-electron chi connectivity index (χ1n) is 5.22. The minimum absolute atomic E-state index is 0.0503. The molecule has 0 fully saturated rings. The molecule has 0 bridgehead atoms. The molecule has 0 aromatic carbocycles. The van der Waals surface area contributed by atoms with Gasteiger partial charge in [0.25, 0.3) is 10.0 Å².